The van der Waals surface area contributed by atoms with E-state index in [9.17, 15) is 9.59 Å². The summed E-state index contributed by atoms with van der Waals surface area (Å²) in [5, 5.41) is 6.37. The van der Waals surface area contributed by atoms with E-state index >= 15 is 0 Å². The second-order valence-corrected chi connectivity index (χ2v) is 5.40. The summed E-state index contributed by atoms with van der Waals surface area (Å²) >= 11 is 0. The molecule has 0 saturated carbocycles. The molecule has 2 unspecified atom stereocenters. The highest BCUT2D eigenvalue weighted by Crippen LogP contribution is 2.11. The maximum atomic E-state index is 11.5. The van der Waals surface area contributed by atoms with Crippen molar-refractivity contribution in [1.29, 1.82) is 0 Å². The molecule has 0 aromatic heterocycles. The van der Waals surface area contributed by atoms with Crippen molar-refractivity contribution in [3.8, 4) is 0 Å². The quantitative estimate of drug-likeness (QED) is 0.755. The molecule has 2 saturated heterocycles. The minimum absolute atomic E-state index is 0.134. The van der Waals surface area contributed by atoms with Crippen molar-refractivity contribution in [2.45, 2.75) is 51.1 Å². The average molecular weight is 253 g/mol. The Morgan fingerprint density at radius 3 is 3.00 bits per heavy atom. The Kier molecular flexibility index (Phi) is 4.58. The molecule has 2 fully saturated rings. The molecule has 102 valence electrons. The predicted octanol–water partition coefficient (Wildman–Crippen LogP) is 0.256. The third kappa shape index (κ3) is 3.70. The van der Waals surface area contributed by atoms with Crippen LogP contribution in [0.15, 0.2) is 0 Å². The summed E-state index contributed by atoms with van der Waals surface area (Å²) in [5.41, 5.74) is 0. The van der Waals surface area contributed by atoms with Crippen LogP contribution in [-0.4, -0.2) is 48.4 Å². The number of hydrogen-bond donors (Lipinski definition) is 2. The lowest BCUT2D eigenvalue weighted by atomic mass is 10.1. The SMILES string of the molecule is CC(CN1CCCC1=O)NC1CCCNC(=O)C1. The van der Waals surface area contributed by atoms with Crippen LogP contribution in [0, 0.1) is 0 Å². The van der Waals surface area contributed by atoms with Crippen LogP contribution < -0.4 is 10.6 Å². The minimum Gasteiger partial charge on any atom is -0.356 e. The van der Waals surface area contributed by atoms with Gasteiger partial charge in [-0.3, -0.25) is 9.59 Å². The van der Waals surface area contributed by atoms with E-state index in [0.717, 1.165) is 38.9 Å². The van der Waals surface area contributed by atoms with Crippen LogP contribution in [0.25, 0.3) is 0 Å². The van der Waals surface area contributed by atoms with Gasteiger partial charge in [0.25, 0.3) is 0 Å². The van der Waals surface area contributed by atoms with E-state index < -0.39 is 0 Å². The molecule has 0 aliphatic carbocycles. The van der Waals surface area contributed by atoms with Crippen molar-refractivity contribution in [3.05, 3.63) is 0 Å². The van der Waals surface area contributed by atoms with Gasteiger partial charge in [0.2, 0.25) is 11.8 Å². The number of likely N-dealkylation sites (tertiary alicyclic amines) is 1. The Balaban J connectivity index is 1.77. The molecule has 0 aromatic rings. The maximum absolute atomic E-state index is 11.5. The maximum Gasteiger partial charge on any atom is 0.222 e. The summed E-state index contributed by atoms with van der Waals surface area (Å²) in [6.45, 7) is 4.53. The van der Waals surface area contributed by atoms with E-state index in [1.807, 2.05) is 4.90 Å². The number of nitrogens with one attached hydrogen (secondary N) is 2. The topological polar surface area (TPSA) is 61.4 Å². The monoisotopic (exact) mass is 253 g/mol. The summed E-state index contributed by atoms with van der Waals surface area (Å²) in [6, 6.07) is 0.503. The van der Waals surface area contributed by atoms with Gasteiger partial charge in [0.1, 0.15) is 0 Å². The molecule has 2 amide bonds. The number of amides is 2. The van der Waals surface area contributed by atoms with Crippen LogP contribution in [-0.2, 0) is 9.59 Å². The molecule has 2 heterocycles. The Morgan fingerprint density at radius 1 is 1.44 bits per heavy atom. The Labute approximate surface area is 108 Å². The average Bonchev–Trinajstić information content (AvgIpc) is 2.59. The molecular weight excluding hydrogens is 230 g/mol. The second-order valence-electron chi connectivity index (χ2n) is 5.40. The standard InChI is InChI=1S/C13H23N3O2/c1-10(9-16-7-3-5-13(16)18)15-11-4-2-6-14-12(17)8-11/h10-11,15H,2-9H2,1H3,(H,14,17). The molecule has 0 spiro atoms. The lowest BCUT2D eigenvalue weighted by molar-refractivity contribution is -0.128. The highest BCUT2D eigenvalue weighted by Gasteiger charge is 2.24. The summed E-state index contributed by atoms with van der Waals surface area (Å²) in [7, 11) is 0. The van der Waals surface area contributed by atoms with Gasteiger partial charge in [-0.15, -0.1) is 0 Å². The first-order chi connectivity index (χ1) is 8.65. The third-order valence-electron chi connectivity index (χ3n) is 3.67. The summed E-state index contributed by atoms with van der Waals surface area (Å²) < 4.78 is 0. The van der Waals surface area contributed by atoms with Crippen LogP contribution in [0.1, 0.15) is 39.0 Å². The molecule has 18 heavy (non-hydrogen) atoms. The number of carbonyl (C=O) groups excluding carboxylic acids is 2. The fourth-order valence-corrected chi connectivity index (χ4v) is 2.80. The third-order valence-corrected chi connectivity index (χ3v) is 3.67. The van der Waals surface area contributed by atoms with Crippen molar-refractivity contribution < 1.29 is 9.59 Å². The van der Waals surface area contributed by atoms with E-state index in [1.54, 1.807) is 0 Å². The highest BCUT2D eigenvalue weighted by molar-refractivity contribution is 5.78. The van der Waals surface area contributed by atoms with Gasteiger partial charge in [-0.1, -0.05) is 0 Å². The largest absolute Gasteiger partial charge is 0.356 e. The number of carbonyl (C=O) groups is 2. The number of rotatable bonds is 4. The van der Waals surface area contributed by atoms with E-state index in [1.165, 1.54) is 0 Å². The van der Waals surface area contributed by atoms with Crippen molar-refractivity contribution in [2.75, 3.05) is 19.6 Å². The Bertz CT molecular complexity index is 319. The first-order valence-electron chi connectivity index (χ1n) is 6.95. The van der Waals surface area contributed by atoms with Gasteiger partial charge in [-0.05, 0) is 26.2 Å². The molecule has 2 atom stereocenters. The smallest absolute Gasteiger partial charge is 0.222 e. The zero-order valence-corrected chi connectivity index (χ0v) is 11.1. The van der Waals surface area contributed by atoms with E-state index in [4.69, 9.17) is 0 Å². The van der Waals surface area contributed by atoms with E-state index in [2.05, 4.69) is 17.6 Å². The highest BCUT2D eigenvalue weighted by atomic mass is 16.2. The summed E-state index contributed by atoms with van der Waals surface area (Å²) in [6.07, 6.45) is 4.28. The van der Waals surface area contributed by atoms with Crippen LogP contribution in [0.4, 0.5) is 0 Å². The first-order valence-corrected chi connectivity index (χ1v) is 6.95. The van der Waals surface area contributed by atoms with Crippen LogP contribution in [0.3, 0.4) is 0 Å². The number of hydrogen-bond acceptors (Lipinski definition) is 3. The summed E-state index contributed by atoms with van der Waals surface area (Å²) in [5.74, 6) is 0.400. The van der Waals surface area contributed by atoms with Crippen LogP contribution >= 0.6 is 0 Å². The molecule has 2 rings (SSSR count). The first kappa shape index (κ1) is 13.3. The Morgan fingerprint density at radius 2 is 2.28 bits per heavy atom. The van der Waals surface area contributed by atoms with Crippen LogP contribution in [0.5, 0.6) is 0 Å². The van der Waals surface area contributed by atoms with Crippen molar-refractivity contribution in [3.63, 3.8) is 0 Å². The van der Waals surface area contributed by atoms with Gasteiger partial charge in [0, 0.05) is 44.6 Å². The summed E-state index contributed by atoms with van der Waals surface area (Å²) in [4.78, 5) is 24.9. The molecule has 0 aromatic carbocycles. The molecule has 0 radical (unpaired) electrons. The number of nitrogens with zero attached hydrogens (tertiary/aromatic N) is 1. The molecule has 2 aliphatic rings. The van der Waals surface area contributed by atoms with Crippen molar-refractivity contribution >= 4 is 11.8 Å². The van der Waals surface area contributed by atoms with E-state index in [0.29, 0.717) is 12.8 Å². The van der Waals surface area contributed by atoms with Gasteiger partial charge >= 0.3 is 0 Å². The Hall–Kier alpha value is -1.10. The zero-order valence-electron chi connectivity index (χ0n) is 11.1. The predicted molar refractivity (Wildman–Crippen MR) is 69.1 cm³/mol. The van der Waals surface area contributed by atoms with Gasteiger partial charge < -0.3 is 15.5 Å². The lowest BCUT2D eigenvalue weighted by Crippen LogP contribution is -2.45. The molecule has 0 bridgehead atoms. The second kappa shape index (κ2) is 6.18. The van der Waals surface area contributed by atoms with Gasteiger partial charge in [-0.2, -0.15) is 0 Å². The van der Waals surface area contributed by atoms with Gasteiger partial charge in [0.05, 0.1) is 0 Å². The molecule has 5 nitrogen and oxygen atoms in total. The van der Waals surface area contributed by atoms with Crippen molar-refractivity contribution in [2.24, 2.45) is 0 Å². The zero-order chi connectivity index (χ0) is 13.0. The van der Waals surface area contributed by atoms with Crippen LogP contribution in [0.2, 0.25) is 0 Å². The van der Waals surface area contributed by atoms with E-state index in [-0.39, 0.29) is 23.9 Å². The minimum atomic E-state index is 0.134. The fraction of sp³-hybridized carbons (Fsp3) is 0.846. The lowest BCUT2D eigenvalue weighted by Gasteiger charge is -2.25. The normalized spacial score (nSPS) is 26.9. The van der Waals surface area contributed by atoms with Crippen molar-refractivity contribution in [1.82, 2.24) is 15.5 Å². The molecule has 2 N–H and O–H groups in total. The van der Waals surface area contributed by atoms with Gasteiger partial charge in [-0.25, -0.2) is 0 Å². The molecule has 2 aliphatic heterocycles. The molecular formula is C13H23N3O2. The molecule has 5 heteroatoms. The fourth-order valence-electron chi connectivity index (χ4n) is 2.80. The van der Waals surface area contributed by atoms with Gasteiger partial charge in [0.15, 0.2) is 0 Å².